The Morgan fingerprint density at radius 3 is 2.82 bits per heavy atom. The molecule has 0 fully saturated rings. The number of anilines is 1. The molecule has 1 aromatic carbocycles. The number of benzene rings is 1. The highest BCUT2D eigenvalue weighted by Crippen LogP contribution is 2.12. The molecule has 0 atom stereocenters. The van der Waals surface area contributed by atoms with Gasteiger partial charge >= 0.3 is 0 Å². The van der Waals surface area contributed by atoms with Crippen molar-refractivity contribution in [2.45, 2.75) is 6.42 Å². The van der Waals surface area contributed by atoms with Gasteiger partial charge in [-0.05, 0) is 29.8 Å². The molecule has 0 saturated heterocycles. The fourth-order valence-electron chi connectivity index (χ4n) is 1.50. The highest BCUT2D eigenvalue weighted by atomic mass is 79.9. The third-order valence-corrected chi connectivity index (χ3v) is 3.50. The molecule has 2 aromatic rings. The molecule has 0 radical (unpaired) electrons. The second-order valence-electron chi connectivity index (χ2n) is 4.11. The summed E-state index contributed by atoms with van der Waals surface area (Å²) in [5.74, 6) is 0.513. The summed E-state index contributed by atoms with van der Waals surface area (Å²) in [6.07, 6.45) is 1.66. The van der Waals surface area contributed by atoms with Gasteiger partial charge in [-0.2, -0.15) is 5.10 Å². The maximum absolute atomic E-state index is 11.6. The van der Waals surface area contributed by atoms with Gasteiger partial charge in [-0.3, -0.25) is 4.79 Å². The van der Waals surface area contributed by atoms with Crippen LogP contribution in [0.15, 0.2) is 29.4 Å². The predicted molar refractivity (Wildman–Crippen MR) is 89.5 cm³/mol. The summed E-state index contributed by atoms with van der Waals surface area (Å²) in [5, 5.41) is 13.0. The Morgan fingerprint density at radius 2 is 2.18 bits per heavy atom. The third-order valence-electron chi connectivity index (χ3n) is 2.42. The number of nitrogens with one attached hydrogen (secondary N) is 1. The highest BCUT2D eigenvalue weighted by molar-refractivity contribution is 9.09. The van der Waals surface area contributed by atoms with Crippen LogP contribution in [0.2, 0.25) is 0 Å². The molecule has 0 aliphatic heterocycles. The van der Waals surface area contributed by atoms with E-state index in [1.54, 1.807) is 6.21 Å². The van der Waals surface area contributed by atoms with Crippen molar-refractivity contribution in [3.63, 3.8) is 0 Å². The number of hydrogen-bond donors (Lipinski definition) is 2. The van der Waals surface area contributed by atoms with Crippen LogP contribution in [0.3, 0.4) is 0 Å². The lowest BCUT2D eigenvalue weighted by atomic mass is 10.2. The van der Waals surface area contributed by atoms with E-state index in [0.29, 0.717) is 16.7 Å². The number of carbonyl (C=O) groups is 1. The molecule has 1 aromatic heterocycles. The number of alkyl halides is 1. The lowest BCUT2D eigenvalue weighted by Crippen LogP contribution is -2.19. The molecule has 22 heavy (non-hydrogen) atoms. The van der Waals surface area contributed by atoms with E-state index in [-0.39, 0.29) is 12.3 Å². The molecule has 1 heterocycles. The summed E-state index contributed by atoms with van der Waals surface area (Å²) in [6, 6.07) is 7.39. The topological polar surface area (TPSA) is 102 Å². The predicted octanol–water partition coefficient (Wildman–Crippen LogP) is 1.59. The first-order chi connectivity index (χ1) is 10.7. The number of rotatable bonds is 7. The SMILES string of the molecule is Nc1nnc(CC(=O)NN=Cc2ccc(OCCBr)cc2)s1. The molecule has 0 aliphatic carbocycles. The minimum atomic E-state index is -0.273. The minimum absolute atomic E-state index is 0.103. The monoisotopic (exact) mass is 383 g/mol. The Bertz CT molecular complexity index is 644. The molecular weight excluding hydrogens is 370 g/mol. The lowest BCUT2D eigenvalue weighted by Gasteiger charge is -2.03. The number of nitrogens with two attached hydrogens (primary N) is 1. The zero-order valence-electron chi connectivity index (χ0n) is 11.5. The Morgan fingerprint density at radius 1 is 1.41 bits per heavy atom. The van der Waals surface area contributed by atoms with Crippen LogP contribution in [-0.2, 0) is 11.2 Å². The number of nitrogen functional groups attached to an aromatic ring is 1. The van der Waals surface area contributed by atoms with Gasteiger partial charge in [0.15, 0.2) is 0 Å². The first-order valence-corrected chi connectivity index (χ1v) is 8.30. The maximum Gasteiger partial charge on any atom is 0.247 e. The van der Waals surface area contributed by atoms with E-state index in [1.807, 2.05) is 24.3 Å². The van der Waals surface area contributed by atoms with E-state index >= 15 is 0 Å². The second-order valence-corrected chi connectivity index (χ2v) is 6.00. The van der Waals surface area contributed by atoms with Crippen molar-refractivity contribution < 1.29 is 9.53 Å². The van der Waals surface area contributed by atoms with Gasteiger partial charge in [-0.15, -0.1) is 10.2 Å². The summed E-state index contributed by atoms with van der Waals surface area (Å²) in [5.41, 5.74) is 8.73. The molecular formula is C13H14BrN5O2S. The van der Waals surface area contributed by atoms with Gasteiger partial charge in [0.1, 0.15) is 10.8 Å². The number of halogens is 1. The van der Waals surface area contributed by atoms with E-state index in [2.05, 4.69) is 36.7 Å². The summed E-state index contributed by atoms with van der Waals surface area (Å²) in [4.78, 5) is 11.6. The van der Waals surface area contributed by atoms with Crippen LogP contribution in [0.4, 0.5) is 5.13 Å². The van der Waals surface area contributed by atoms with E-state index in [0.717, 1.165) is 16.6 Å². The Hall–Kier alpha value is -2.00. The largest absolute Gasteiger partial charge is 0.493 e. The first kappa shape index (κ1) is 16.4. The van der Waals surface area contributed by atoms with Crippen LogP contribution in [0, 0.1) is 0 Å². The van der Waals surface area contributed by atoms with Crippen LogP contribution in [0.5, 0.6) is 5.75 Å². The van der Waals surface area contributed by atoms with Crippen molar-refractivity contribution in [3.05, 3.63) is 34.8 Å². The molecule has 0 spiro atoms. The zero-order chi connectivity index (χ0) is 15.8. The number of aromatic nitrogens is 2. The summed E-state index contributed by atoms with van der Waals surface area (Å²) in [6.45, 7) is 0.611. The van der Waals surface area contributed by atoms with Crippen LogP contribution >= 0.6 is 27.3 Å². The van der Waals surface area contributed by atoms with Crippen molar-refractivity contribution >= 4 is 44.5 Å². The summed E-state index contributed by atoms with van der Waals surface area (Å²) in [7, 11) is 0. The van der Waals surface area contributed by atoms with Crippen molar-refractivity contribution in [1.29, 1.82) is 0 Å². The van der Waals surface area contributed by atoms with Crippen molar-refractivity contribution in [2.75, 3.05) is 17.7 Å². The highest BCUT2D eigenvalue weighted by Gasteiger charge is 2.06. The molecule has 7 nitrogen and oxygen atoms in total. The molecule has 9 heteroatoms. The van der Waals surface area contributed by atoms with E-state index in [9.17, 15) is 4.79 Å². The normalized spacial score (nSPS) is 10.8. The second kappa shape index (κ2) is 8.44. The van der Waals surface area contributed by atoms with E-state index < -0.39 is 0 Å². The number of nitrogens with zero attached hydrogens (tertiary/aromatic N) is 3. The number of carbonyl (C=O) groups excluding carboxylic acids is 1. The van der Waals surface area contributed by atoms with E-state index in [1.165, 1.54) is 11.3 Å². The van der Waals surface area contributed by atoms with Gasteiger partial charge in [0, 0.05) is 5.33 Å². The smallest absolute Gasteiger partial charge is 0.247 e. The number of hydrazone groups is 1. The molecule has 3 N–H and O–H groups in total. The zero-order valence-corrected chi connectivity index (χ0v) is 13.9. The lowest BCUT2D eigenvalue weighted by molar-refractivity contribution is -0.120. The van der Waals surface area contributed by atoms with Crippen molar-refractivity contribution in [2.24, 2.45) is 5.10 Å². The Labute approximate surface area is 139 Å². The van der Waals surface area contributed by atoms with Crippen LogP contribution in [0.1, 0.15) is 10.6 Å². The molecule has 0 bridgehead atoms. The number of ether oxygens (including phenoxy) is 1. The first-order valence-electron chi connectivity index (χ1n) is 6.36. The van der Waals surface area contributed by atoms with Crippen molar-refractivity contribution in [1.82, 2.24) is 15.6 Å². The van der Waals surface area contributed by atoms with Gasteiger partial charge in [-0.25, -0.2) is 5.43 Å². The molecule has 0 saturated carbocycles. The fraction of sp³-hybridized carbons (Fsp3) is 0.231. The number of amides is 1. The van der Waals surface area contributed by atoms with Crippen molar-refractivity contribution in [3.8, 4) is 5.75 Å². The average molecular weight is 384 g/mol. The van der Waals surface area contributed by atoms with Gasteiger partial charge in [-0.1, -0.05) is 27.3 Å². The Kier molecular flexibility index (Phi) is 6.28. The maximum atomic E-state index is 11.6. The standard InChI is InChI=1S/C13H14BrN5O2S/c14-5-6-21-10-3-1-9(2-4-10)8-16-17-11(20)7-12-18-19-13(15)22-12/h1-4,8H,5-7H2,(H2,15,19)(H,17,20). The molecule has 116 valence electrons. The average Bonchev–Trinajstić information content (AvgIpc) is 2.91. The fourth-order valence-corrected chi connectivity index (χ4v) is 2.27. The molecule has 2 rings (SSSR count). The van der Waals surface area contributed by atoms with Crippen LogP contribution in [-0.4, -0.2) is 34.3 Å². The molecule has 0 aliphatic rings. The van der Waals surface area contributed by atoms with E-state index in [4.69, 9.17) is 10.5 Å². The van der Waals surface area contributed by atoms with Gasteiger partial charge < -0.3 is 10.5 Å². The minimum Gasteiger partial charge on any atom is -0.493 e. The Balaban J connectivity index is 1.80. The molecule has 0 unspecified atom stereocenters. The quantitative estimate of drug-likeness (QED) is 0.429. The summed E-state index contributed by atoms with van der Waals surface area (Å²) >= 11 is 4.47. The summed E-state index contributed by atoms with van der Waals surface area (Å²) < 4.78 is 5.44. The van der Waals surface area contributed by atoms with Gasteiger partial charge in [0.05, 0.1) is 19.2 Å². The van der Waals surface area contributed by atoms with Gasteiger partial charge in [0.2, 0.25) is 11.0 Å². The molecule has 1 amide bonds. The van der Waals surface area contributed by atoms with Crippen LogP contribution < -0.4 is 15.9 Å². The van der Waals surface area contributed by atoms with Gasteiger partial charge in [0.25, 0.3) is 0 Å². The number of hydrogen-bond acceptors (Lipinski definition) is 7. The third kappa shape index (κ3) is 5.41. The van der Waals surface area contributed by atoms with Crippen LogP contribution in [0.25, 0.3) is 0 Å².